The van der Waals surface area contributed by atoms with Crippen molar-refractivity contribution < 1.29 is 0 Å². The first-order valence-electron chi connectivity index (χ1n) is 19.6. The standard InChI is InChI=1S/C26H22N2.C24H26N2.CH5BP/c1-17-15-23(19-9-5-3-6-10-19)21-13-14-22-24(20-11-7-4-8-12-20)16-18(2)28-26(22)25(21)27-17;1-4-7-8-9-11-21-14-16-25-18-22(21)12-13-23-19-26-17-15-24(23)20(6-3)10-5-2;1-2-3/h3-12,15-16H,13-14H2,1-2H3;4-9,11,14-20H,1-3,10,12-13H2;3H2,1H3/b;8-7-,11-9+;. The van der Waals surface area contributed by atoms with Crippen LogP contribution in [-0.4, -0.2) is 26.9 Å². The predicted molar refractivity (Wildman–Crippen MR) is 249 cm³/mol. The average molecular weight is 764 g/mol. The van der Waals surface area contributed by atoms with Gasteiger partial charge in [-0.05, 0) is 126 Å². The molecule has 2 atom stereocenters. The van der Waals surface area contributed by atoms with Crippen LogP contribution in [0.15, 0.2) is 166 Å². The van der Waals surface area contributed by atoms with E-state index in [0.717, 1.165) is 54.9 Å². The number of aromatic nitrogens is 4. The smallest absolute Gasteiger partial charge is 0.134 e. The van der Waals surface area contributed by atoms with Gasteiger partial charge in [-0.15, -0.1) is 13.2 Å². The van der Waals surface area contributed by atoms with Gasteiger partial charge in [0.15, 0.2) is 0 Å². The maximum Gasteiger partial charge on any atom is 0.134 e. The summed E-state index contributed by atoms with van der Waals surface area (Å²) in [6.07, 6.45) is 26.0. The monoisotopic (exact) mass is 763 g/mol. The number of benzene rings is 2. The van der Waals surface area contributed by atoms with E-state index in [0.29, 0.717) is 0 Å². The van der Waals surface area contributed by atoms with Crippen molar-refractivity contribution in [2.75, 3.05) is 0 Å². The molecule has 4 aromatic heterocycles. The number of rotatable bonds is 12. The molecule has 0 amide bonds. The fourth-order valence-electron chi connectivity index (χ4n) is 7.22. The highest BCUT2D eigenvalue weighted by Crippen LogP contribution is 2.41. The lowest BCUT2D eigenvalue weighted by Crippen LogP contribution is -2.12. The number of hydrogen-bond acceptors (Lipinski definition) is 4. The highest BCUT2D eigenvalue weighted by Gasteiger charge is 2.25. The molecule has 2 aromatic carbocycles. The van der Waals surface area contributed by atoms with Crippen molar-refractivity contribution in [2.45, 2.75) is 58.7 Å². The molecule has 0 spiro atoms. The van der Waals surface area contributed by atoms with Crippen molar-refractivity contribution >= 4 is 22.2 Å². The summed E-state index contributed by atoms with van der Waals surface area (Å²) >= 11 is 0. The Balaban J connectivity index is 0.000000204. The average Bonchev–Trinajstić information content (AvgIpc) is 3.24. The Morgan fingerprint density at radius 2 is 1.23 bits per heavy atom. The molecule has 4 heterocycles. The lowest BCUT2D eigenvalue weighted by molar-refractivity contribution is 0.824. The molecule has 2 unspecified atom stereocenters. The molecule has 7 rings (SSSR count). The van der Waals surface area contributed by atoms with Gasteiger partial charge in [-0.2, -0.15) is 9.12 Å². The molecule has 0 N–H and O–H groups in total. The van der Waals surface area contributed by atoms with Gasteiger partial charge in [-0.25, -0.2) is 0 Å². The second kappa shape index (κ2) is 22.1. The van der Waals surface area contributed by atoms with Crippen LogP contribution in [0.4, 0.5) is 0 Å². The molecular weight excluding hydrogens is 710 g/mol. The van der Waals surface area contributed by atoms with Crippen molar-refractivity contribution in [2.24, 2.45) is 0 Å². The van der Waals surface area contributed by atoms with Crippen LogP contribution >= 0.6 is 9.12 Å². The quantitative estimate of drug-likeness (QED) is 0.0539. The Bertz CT molecular complexity index is 2220. The summed E-state index contributed by atoms with van der Waals surface area (Å²) in [5.74, 6) is 0.280. The second-order valence-electron chi connectivity index (χ2n) is 13.8. The molecule has 0 saturated heterocycles. The van der Waals surface area contributed by atoms with Crippen LogP contribution in [0.2, 0.25) is 6.82 Å². The summed E-state index contributed by atoms with van der Waals surface area (Å²) in [5.41, 5.74) is 16.9. The van der Waals surface area contributed by atoms with E-state index in [2.05, 4.69) is 138 Å². The zero-order chi connectivity index (χ0) is 40.4. The molecule has 1 radical (unpaired) electrons. The lowest BCUT2D eigenvalue weighted by atomic mass is 9.83. The fraction of sp³-hybridized carbons (Fsp3) is 0.176. The van der Waals surface area contributed by atoms with Gasteiger partial charge in [0.1, 0.15) is 7.00 Å². The van der Waals surface area contributed by atoms with E-state index >= 15 is 0 Å². The van der Waals surface area contributed by atoms with Crippen LogP contribution in [-0.2, 0) is 25.7 Å². The van der Waals surface area contributed by atoms with Gasteiger partial charge in [0.05, 0.1) is 11.4 Å². The van der Waals surface area contributed by atoms with Gasteiger partial charge >= 0.3 is 0 Å². The number of nitrogens with zero attached hydrogens (tertiary/aromatic N) is 4. The summed E-state index contributed by atoms with van der Waals surface area (Å²) in [6.45, 7) is 19.6. The maximum absolute atomic E-state index is 4.95. The van der Waals surface area contributed by atoms with Crippen LogP contribution in [0, 0.1) is 13.8 Å². The molecule has 0 bridgehead atoms. The molecule has 1 aliphatic rings. The number of fused-ring (bicyclic) bond motifs is 3. The molecule has 6 aromatic rings. The first-order chi connectivity index (χ1) is 27.9. The van der Waals surface area contributed by atoms with Crippen LogP contribution < -0.4 is 0 Å². The largest absolute Gasteiger partial charge is 0.264 e. The molecule has 0 fully saturated rings. The third kappa shape index (κ3) is 11.4. The van der Waals surface area contributed by atoms with E-state index in [1.165, 1.54) is 55.6 Å². The van der Waals surface area contributed by atoms with Gasteiger partial charge in [-0.1, -0.05) is 117 Å². The van der Waals surface area contributed by atoms with Crippen molar-refractivity contribution in [3.8, 4) is 33.6 Å². The normalized spacial score (nSPS) is 11.9. The minimum Gasteiger partial charge on any atom is -0.264 e. The van der Waals surface area contributed by atoms with E-state index < -0.39 is 0 Å². The number of allylic oxidation sites excluding steroid dienone is 6. The topological polar surface area (TPSA) is 51.6 Å². The van der Waals surface area contributed by atoms with E-state index in [9.17, 15) is 0 Å². The highest BCUT2D eigenvalue weighted by molar-refractivity contribution is 7.55. The molecule has 0 saturated carbocycles. The molecule has 1 aliphatic carbocycles. The first kappa shape index (κ1) is 42.4. The lowest BCUT2D eigenvalue weighted by Gasteiger charge is -2.24. The molecule has 57 heavy (non-hydrogen) atoms. The highest BCUT2D eigenvalue weighted by atomic mass is 31.0. The second-order valence-corrected chi connectivity index (χ2v) is 14.5. The number of hydrogen-bond donors (Lipinski definition) is 0. The Kier molecular flexibility index (Phi) is 16.4. The summed E-state index contributed by atoms with van der Waals surface area (Å²) in [7, 11) is 2.45. The minimum atomic E-state index is 0.280. The van der Waals surface area contributed by atoms with Gasteiger partial charge < -0.3 is 0 Å². The van der Waals surface area contributed by atoms with E-state index in [1.807, 2.05) is 75.1 Å². The Morgan fingerprint density at radius 1 is 0.702 bits per heavy atom. The van der Waals surface area contributed by atoms with E-state index in [1.54, 1.807) is 6.08 Å². The van der Waals surface area contributed by atoms with Crippen LogP contribution in [0.5, 0.6) is 0 Å². The Hall–Kier alpha value is -5.77. The maximum atomic E-state index is 4.95. The summed E-state index contributed by atoms with van der Waals surface area (Å²) in [4.78, 5) is 18.5. The predicted octanol–water partition coefficient (Wildman–Crippen LogP) is 12.6. The van der Waals surface area contributed by atoms with Gasteiger partial charge in [0, 0.05) is 42.1 Å². The van der Waals surface area contributed by atoms with Crippen LogP contribution in [0.3, 0.4) is 0 Å². The number of pyridine rings is 4. The Morgan fingerprint density at radius 3 is 1.75 bits per heavy atom. The van der Waals surface area contributed by atoms with Crippen LogP contribution in [0.25, 0.3) is 39.7 Å². The van der Waals surface area contributed by atoms with Crippen LogP contribution in [0.1, 0.15) is 57.1 Å². The third-order valence-corrected chi connectivity index (χ3v) is 9.81. The zero-order valence-electron chi connectivity index (χ0n) is 33.6. The van der Waals surface area contributed by atoms with Gasteiger partial charge in [-0.3, -0.25) is 19.9 Å². The van der Waals surface area contributed by atoms with Crippen molar-refractivity contribution in [1.29, 1.82) is 0 Å². The molecular formula is C51H53BN4P. The molecule has 0 aliphatic heterocycles. The first-order valence-corrected chi connectivity index (χ1v) is 20.3. The van der Waals surface area contributed by atoms with E-state index in [4.69, 9.17) is 9.97 Å². The Labute approximate surface area is 343 Å². The zero-order valence-corrected chi connectivity index (χ0v) is 34.8. The minimum absolute atomic E-state index is 0.280. The van der Waals surface area contributed by atoms with Crippen molar-refractivity contribution in [3.63, 3.8) is 0 Å². The third-order valence-electron chi connectivity index (χ3n) is 9.81. The van der Waals surface area contributed by atoms with Gasteiger partial charge in [0.25, 0.3) is 0 Å². The van der Waals surface area contributed by atoms with Gasteiger partial charge in [0.2, 0.25) is 0 Å². The molecule has 6 heteroatoms. The fourth-order valence-corrected chi connectivity index (χ4v) is 7.22. The van der Waals surface area contributed by atoms with Crippen molar-refractivity contribution in [1.82, 2.24) is 19.9 Å². The number of aryl methyl sites for hydroxylation is 4. The van der Waals surface area contributed by atoms with E-state index in [-0.39, 0.29) is 5.92 Å². The SMILES string of the molecule is C=C/C=C\C=C\c1ccncc1CCc1cnccc1C(C=C)CC=C.C[B]P.Cc1cc(-c2ccccc2)c2c(n1)-c1nc(C)cc(-c3ccccc3)c1CC2. The molecule has 4 nitrogen and oxygen atoms in total. The summed E-state index contributed by atoms with van der Waals surface area (Å²) in [6, 6.07) is 29.8. The summed E-state index contributed by atoms with van der Waals surface area (Å²) in [5, 5.41) is 0. The molecule has 285 valence electrons. The summed E-state index contributed by atoms with van der Waals surface area (Å²) < 4.78 is 0. The van der Waals surface area contributed by atoms with Crippen molar-refractivity contribution in [3.05, 3.63) is 211 Å².